The minimum Gasteiger partial charge on any atom is -0.495 e. The Labute approximate surface area is 186 Å². The van der Waals surface area contributed by atoms with E-state index in [0.29, 0.717) is 22.7 Å². The van der Waals surface area contributed by atoms with Crippen molar-refractivity contribution >= 4 is 33.1 Å². The monoisotopic (exact) mass is 439 g/mol. The smallest absolute Gasteiger partial charge is 0.263 e. The van der Waals surface area contributed by atoms with Gasteiger partial charge in [0.2, 0.25) is 5.91 Å². The highest BCUT2D eigenvalue weighted by Gasteiger charge is 2.32. The molecule has 1 aliphatic rings. The normalized spacial score (nSPS) is 17.3. The molecule has 0 radical (unpaired) electrons. The quantitative estimate of drug-likeness (QED) is 0.633. The van der Waals surface area contributed by atoms with Crippen LogP contribution < -0.4 is 15.6 Å². The molecule has 0 bridgehead atoms. The number of carbonyl (C=O) groups is 1. The highest BCUT2D eigenvalue weighted by atomic mass is 32.1. The molecule has 0 fully saturated rings. The lowest BCUT2D eigenvalue weighted by atomic mass is 9.72. The molecule has 164 valence electrons. The lowest BCUT2D eigenvalue weighted by Crippen LogP contribution is -2.32. The number of methoxy groups -OCH3 is 1. The number of thiophene rings is 1. The summed E-state index contributed by atoms with van der Waals surface area (Å²) in [5, 5.41) is 3.55. The van der Waals surface area contributed by atoms with E-state index in [1.54, 1.807) is 37.5 Å². The van der Waals surface area contributed by atoms with Gasteiger partial charge in [-0.3, -0.25) is 14.2 Å². The number of aromatic nitrogens is 2. The molecule has 1 N–H and O–H groups in total. The van der Waals surface area contributed by atoms with Crippen molar-refractivity contribution in [2.45, 2.75) is 53.0 Å². The molecule has 7 heteroatoms. The maximum Gasteiger partial charge on any atom is 0.263 e. The van der Waals surface area contributed by atoms with Crippen LogP contribution in [-0.2, 0) is 17.6 Å². The molecule has 2 heterocycles. The molecule has 1 aromatic carbocycles. The number of benzene rings is 1. The topological polar surface area (TPSA) is 73.2 Å². The first-order valence-corrected chi connectivity index (χ1v) is 11.5. The molecule has 4 rings (SSSR count). The van der Waals surface area contributed by atoms with Gasteiger partial charge in [-0.05, 0) is 55.2 Å². The van der Waals surface area contributed by atoms with E-state index >= 15 is 0 Å². The molecule has 31 heavy (non-hydrogen) atoms. The van der Waals surface area contributed by atoms with Crippen LogP contribution in [0.25, 0.3) is 10.2 Å². The van der Waals surface area contributed by atoms with Gasteiger partial charge < -0.3 is 10.1 Å². The van der Waals surface area contributed by atoms with Crippen molar-refractivity contribution in [1.82, 2.24) is 9.55 Å². The Kier molecular flexibility index (Phi) is 5.64. The summed E-state index contributed by atoms with van der Waals surface area (Å²) in [7, 11) is 1.56. The number of rotatable bonds is 4. The molecule has 1 amide bonds. The first kappa shape index (κ1) is 21.6. The van der Waals surface area contributed by atoms with Crippen molar-refractivity contribution in [1.29, 1.82) is 0 Å². The van der Waals surface area contributed by atoms with E-state index in [-0.39, 0.29) is 16.9 Å². The van der Waals surface area contributed by atoms with Crippen LogP contribution in [0.15, 0.2) is 35.4 Å². The van der Waals surface area contributed by atoms with Gasteiger partial charge in [-0.25, -0.2) is 4.98 Å². The molecule has 0 saturated carbocycles. The second-order valence-corrected chi connectivity index (χ2v) is 10.4. The first-order valence-electron chi connectivity index (χ1n) is 10.7. The molecular formula is C24H29N3O3S. The Hall–Kier alpha value is -2.67. The summed E-state index contributed by atoms with van der Waals surface area (Å²) in [5.74, 6) is 0.884. The van der Waals surface area contributed by atoms with Crippen LogP contribution in [-0.4, -0.2) is 22.6 Å². The van der Waals surface area contributed by atoms with Crippen LogP contribution in [0.1, 0.15) is 50.6 Å². The predicted molar refractivity (Wildman–Crippen MR) is 125 cm³/mol. The Morgan fingerprint density at radius 1 is 1.32 bits per heavy atom. The zero-order valence-corrected chi connectivity index (χ0v) is 19.5. The van der Waals surface area contributed by atoms with Crippen LogP contribution in [0, 0.1) is 11.3 Å². The third-order valence-electron chi connectivity index (χ3n) is 6.38. The summed E-state index contributed by atoms with van der Waals surface area (Å²) >= 11 is 1.63. The number of anilines is 1. The zero-order chi connectivity index (χ0) is 22.3. The number of nitrogens with one attached hydrogen (secondary N) is 1. The summed E-state index contributed by atoms with van der Waals surface area (Å²) in [5.41, 5.74) is 1.81. The maximum absolute atomic E-state index is 13.4. The largest absolute Gasteiger partial charge is 0.495 e. The van der Waals surface area contributed by atoms with Gasteiger partial charge in [0, 0.05) is 4.88 Å². The third kappa shape index (κ3) is 3.99. The minimum absolute atomic E-state index is 0.139. The van der Waals surface area contributed by atoms with Gasteiger partial charge in [-0.1, -0.05) is 32.9 Å². The van der Waals surface area contributed by atoms with E-state index in [1.165, 1.54) is 15.8 Å². The van der Waals surface area contributed by atoms with E-state index in [1.807, 2.05) is 12.1 Å². The molecule has 0 aliphatic heterocycles. The highest BCUT2D eigenvalue weighted by Crippen LogP contribution is 2.42. The predicted octanol–water partition coefficient (Wildman–Crippen LogP) is 4.82. The van der Waals surface area contributed by atoms with E-state index in [4.69, 9.17) is 4.74 Å². The van der Waals surface area contributed by atoms with E-state index < -0.39 is 6.04 Å². The number of amides is 1. The summed E-state index contributed by atoms with van der Waals surface area (Å²) < 4.78 is 6.74. The number of hydrogen-bond donors (Lipinski definition) is 1. The van der Waals surface area contributed by atoms with Gasteiger partial charge in [0.25, 0.3) is 5.56 Å². The van der Waals surface area contributed by atoms with E-state index in [9.17, 15) is 9.59 Å². The molecule has 1 aliphatic carbocycles. The summed E-state index contributed by atoms with van der Waals surface area (Å²) in [6.45, 7) is 8.56. The van der Waals surface area contributed by atoms with Crippen LogP contribution in [0.3, 0.4) is 0 Å². The van der Waals surface area contributed by atoms with Gasteiger partial charge in [0.05, 0.1) is 24.5 Å². The van der Waals surface area contributed by atoms with E-state index in [2.05, 4.69) is 31.1 Å². The standard InChI is InChI=1S/C24H29N3O3S/c1-14(21(28)26-17-8-6-7-9-18(17)30-5)27-13-25-22-20(23(27)29)16-11-10-15(24(2,3)4)12-19(16)31-22/h6-9,13-15H,10-12H2,1-5H3,(H,26,28). The minimum atomic E-state index is -0.698. The van der Waals surface area contributed by atoms with Crippen LogP contribution in [0.2, 0.25) is 0 Å². The van der Waals surface area contributed by atoms with Gasteiger partial charge in [-0.15, -0.1) is 11.3 Å². The Balaban J connectivity index is 1.65. The summed E-state index contributed by atoms with van der Waals surface area (Å²) in [4.78, 5) is 32.9. The number of hydrogen-bond acceptors (Lipinski definition) is 5. The number of ether oxygens (including phenoxy) is 1. The number of aryl methyl sites for hydroxylation is 1. The molecule has 0 spiro atoms. The molecule has 2 aromatic heterocycles. The number of para-hydroxylation sites is 2. The second-order valence-electron chi connectivity index (χ2n) is 9.31. The lowest BCUT2D eigenvalue weighted by molar-refractivity contribution is -0.118. The Morgan fingerprint density at radius 2 is 2.06 bits per heavy atom. The maximum atomic E-state index is 13.4. The number of nitrogens with zero attached hydrogens (tertiary/aromatic N) is 2. The molecule has 0 saturated heterocycles. The fourth-order valence-corrected chi connectivity index (χ4v) is 5.56. The van der Waals surface area contributed by atoms with Crippen molar-refractivity contribution in [3.05, 3.63) is 51.4 Å². The van der Waals surface area contributed by atoms with E-state index in [0.717, 1.165) is 29.7 Å². The fraction of sp³-hybridized carbons (Fsp3) is 0.458. The SMILES string of the molecule is COc1ccccc1NC(=O)C(C)n1cnc2sc3c(c2c1=O)CCC(C(C)(C)C)C3. The fourth-order valence-electron chi connectivity index (χ4n) is 4.31. The van der Waals surface area contributed by atoms with Crippen LogP contribution in [0.4, 0.5) is 5.69 Å². The van der Waals surface area contributed by atoms with Crippen molar-refractivity contribution in [3.63, 3.8) is 0 Å². The Bertz CT molecular complexity index is 1190. The van der Waals surface area contributed by atoms with Crippen molar-refractivity contribution in [2.24, 2.45) is 11.3 Å². The average Bonchev–Trinajstić information content (AvgIpc) is 3.12. The molecule has 3 aromatic rings. The zero-order valence-electron chi connectivity index (χ0n) is 18.7. The van der Waals surface area contributed by atoms with Crippen molar-refractivity contribution < 1.29 is 9.53 Å². The molecule has 6 nitrogen and oxygen atoms in total. The third-order valence-corrected chi connectivity index (χ3v) is 7.54. The molecule has 2 atom stereocenters. The van der Waals surface area contributed by atoms with Gasteiger partial charge in [-0.2, -0.15) is 0 Å². The second kappa shape index (κ2) is 8.11. The molecular weight excluding hydrogens is 410 g/mol. The highest BCUT2D eigenvalue weighted by molar-refractivity contribution is 7.18. The van der Waals surface area contributed by atoms with Crippen molar-refractivity contribution in [2.75, 3.05) is 12.4 Å². The average molecular weight is 440 g/mol. The van der Waals surface area contributed by atoms with Crippen LogP contribution in [0.5, 0.6) is 5.75 Å². The van der Waals surface area contributed by atoms with Crippen LogP contribution >= 0.6 is 11.3 Å². The summed E-state index contributed by atoms with van der Waals surface area (Å²) in [6.07, 6.45) is 4.45. The van der Waals surface area contributed by atoms with Gasteiger partial charge in [0.15, 0.2) is 0 Å². The number of carbonyl (C=O) groups excluding carboxylic acids is 1. The first-order chi connectivity index (χ1) is 14.7. The number of fused-ring (bicyclic) bond motifs is 3. The van der Waals surface area contributed by atoms with Gasteiger partial charge in [0.1, 0.15) is 16.6 Å². The van der Waals surface area contributed by atoms with Gasteiger partial charge >= 0.3 is 0 Å². The summed E-state index contributed by atoms with van der Waals surface area (Å²) in [6, 6.07) is 6.52. The Morgan fingerprint density at radius 3 is 2.77 bits per heavy atom. The molecule has 2 unspecified atom stereocenters. The van der Waals surface area contributed by atoms with Crippen molar-refractivity contribution in [3.8, 4) is 5.75 Å². The lowest BCUT2D eigenvalue weighted by Gasteiger charge is -2.33.